The van der Waals surface area contributed by atoms with Crippen LogP contribution in [-0.4, -0.2) is 25.0 Å². The van der Waals surface area contributed by atoms with E-state index in [1.165, 1.54) is 13.1 Å². The summed E-state index contributed by atoms with van der Waals surface area (Å²) < 4.78 is 0. The Hall–Kier alpha value is -0.820. The fourth-order valence-electron chi connectivity index (χ4n) is 2.91. The molecule has 0 bridgehead atoms. The molecule has 0 amide bonds. The van der Waals surface area contributed by atoms with Gasteiger partial charge in [0.2, 0.25) is 0 Å². The molecule has 1 aliphatic heterocycles. The molecule has 1 heteroatoms. The van der Waals surface area contributed by atoms with Gasteiger partial charge in [-0.1, -0.05) is 30.3 Å². The van der Waals surface area contributed by atoms with Gasteiger partial charge in [-0.25, -0.2) is 0 Å². The summed E-state index contributed by atoms with van der Waals surface area (Å²) in [7, 11) is 2.23. The van der Waals surface area contributed by atoms with Crippen LogP contribution in [0.2, 0.25) is 0 Å². The second-order valence-corrected chi connectivity index (χ2v) is 4.49. The molecule has 0 N–H and O–H groups in total. The molecule has 1 saturated carbocycles. The summed E-state index contributed by atoms with van der Waals surface area (Å²) >= 11 is 0. The Bertz CT molecular complexity index is 294. The molecule has 2 aliphatic rings. The van der Waals surface area contributed by atoms with E-state index < -0.39 is 0 Å². The SMILES string of the molecule is CN1CC2[C@@H](C1)[C@@H]2c1ccccc1. The molecule has 1 unspecified atom stereocenters. The summed E-state index contributed by atoms with van der Waals surface area (Å²) in [6.07, 6.45) is 0. The van der Waals surface area contributed by atoms with Crippen LogP contribution in [0.4, 0.5) is 0 Å². The fraction of sp³-hybridized carbons (Fsp3) is 0.500. The van der Waals surface area contributed by atoms with Crippen molar-refractivity contribution in [3.63, 3.8) is 0 Å². The number of piperidine rings is 1. The van der Waals surface area contributed by atoms with Gasteiger partial charge in [0.05, 0.1) is 0 Å². The van der Waals surface area contributed by atoms with Crippen LogP contribution in [0.5, 0.6) is 0 Å². The van der Waals surface area contributed by atoms with E-state index in [1.807, 2.05) is 0 Å². The van der Waals surface area contributed by atoms with Gasteiger partial charge in [0.1, 0.15) is 0 Å². The van der Waals surface area contributed by atoms with Crippen molar-refractivity contribution in [3.05, 3.63) is 35.9 Å². The normalized spacial score (nSPS) is 37.5. The third-order valence-corrected chi connectivity index (χ3v) is 3.56. The average molecular weight is 173 g/mol. The third kappa shape index (κ3) is 1.11. The van der Waals surface area contributed by atoms with Crippen molar-refractivity contribution in [1.29, 1.82) is 0 Å². The Kier molecular flexibility index (Phi) is 1.50. The Balaban J connectivity index is 1.79. The summed E-state index contributed by atoms with van der Waals surface area (Å²) in [5, 5.41) is 0. The maximum absolute atomic E-state index is 2.45. The zero-order chi connectivity index (χ0) is 8.84. The second kappa shape index (κ2) is 2.58. The topological polar surface area (TPSA) is 3.24 Å². The first kappa shape index (κ1) is 7.57. The number of likely N-dealkylation sites (tertiary alicyclic amines) is 1. The highest BCUT2D eigenvalue weighted by atomic mass is 15.2. The van der Waals surface area contributed by atoms with Crippen LogP contribution in [0.1, 0.15) is 11.5 Å². The second-order valence-electron chi connectivity index (χ2n) is 4.49. The monoisotopic (exact) mass is 173 g/mol. The molecule has 0 spiro atoms. The van der Waals surface area contributed by atoms with Crippen molar-refractivity contribution in [3.8, 4) is 0 Å². The number of fused-ring (bicyclic) bond motifs is 1. The molecular weight excluding hydrogens is 158 g/mol. The zero-order valence-electron chi connectivity index (χ0n) is 7.98. The van der Waals surface area contributed by atoms with Crippen LogP contribution < -0.4 is 0 Å². The Morgan fingerprint density at radius 1 is 1.08 bits per heavy atom. The van der Waals surface area contributed by atoms with Gasteiger partial charge in [0.25, 0.3) is 0 Å². The minimum atomic E-state index is 0.886. The molecule has 13 heavy (non-hydrogen) atoms. The van der Waals surface area contributed by atoms with Crippen molar-refractivity contribution >= 4 is 0 Å². The minimum absolute atomic E-state index is 0.886. The summed E-state index contributed by atoms with van der Waals surface area (Å²) in [5.74, 6) is 2.82. The Morgan fingerprint density at radius 2 is 1.69 bits per heavy atom. The minimum Gasteiger partial charge on any atom is -0.306 e. The number of rotatable bonds is 1. The van der Waals surface area contributed by atoms with Crippen molar-refractivity contribution < 1.29 is 0 Å². The molecule has 2 fully saturated rings. The molecular formula is C12H15N. The molecule has 1 heterocycles. The molecule has 0 radical (unpaired) electrons. The predicted molar refractivity (Wildman–Crippen MR) is 53.7 cm³/mol. The van der Waals surface area contributed by atoms with Crippen LogP contribution in [0.25, 0.3) is 0 Å². The lowest BCUT2D eigenvalue weighted by molar-refractivity contribution is 0.363. The molecule has 3 atom stereocenters. The van der Waals surface area contributed by atoms with Gasteiger partial charge in [0.15, 0.2) is 0 Å². The van der Waals surface area contributed by atoms with Crippen molar-refractivity contribution in [1.82, 2.24) is 4.90 Å². The highest BCUT2D eigenvalue weighted by molar-refractivity contribution is 5.30. The largest absolute Gasteiger partial charge is 0.306 e. The van der Waals surface area contributed by atoms with E-state index in [0.29, 0.717) is 0 Å². The predicted octanol–water partition coefficient (Wildman–Crippen LogP) is 1.96. The van der Waals surface area contributed by atoms with E-state index >= 15 is 0 Å². The Labute approximate surface area is 79.4 Å². The van der Waals surface area contributed by atoms with E-state index in [1.54, 1.807) is 5.56 Å². The first-order valence-corrected chi connectivity index (χ1v) is 5.10. The molecule has 68 valence electrons. The first-order valence-electron chi connectivity index (χ1n) is 5.10. The summed E-state index contributed by atoms with van der Waals surface area (Å²) in [5.41, 5.74) is 1.56. The lowest BCUT2D eigenvalue weighted by Gasteiger charge is -2.12. The quantitative estimate of drug-likeness (QED) is 0.627. The molecule has 1 aliphatic carbocycles. The molecule has 1 aromatic carbocycles. The van der Waals surface area contributed by atoms with Gasteiger partial charge >= 0.3 is 0 Å². The highest BCUT2D eigenvalue weighted by Crippen LogP contribution is 2.57. The number of benzene rings is 1. The fourth-order valence-corrected chi connectivity index (χ4v) is 2.91. The van der Waals surface area contributed by atoms with Gasteiger partial charge in [0, 0.05) is 13.1 Å². The van der Waals surface area contributed by atoms with Crippen LogP contribution in [-0.2, 0) is 0 Å². The van der Waals surface area contributed by atoms with Gasteiger partial charge < -0.3 is 4.90 Å². The number of hydrogen-bond donors (Lipinski definition) is 0. The maximum atomic E-state index is 2.45. The smallest absolute Gasteiger partial charge is 0.00160 e. The maximum Gasteiger partial charge on any atom is 0.00160 e. The van der Waals surface area contributed by atoms with Crippen molar-refractivity contribution in [2.75, 3.05) is 20.1 Å². The van der Waals surface area contributed by atoms with Crippen molar-refractivity contribution in [2.45, 2.75) is 5.92 Å². The van der Waals surface area contributed by atoms with Gasteiger partial charge in [-0.05, 0) is 30.4 Å². The first-order chi connectivity index (χ1) is 6.36. The molecule has 0 aromatic heterocycles. The van der Waals surface area contributed by atoms with E-state index in [9.17, 15) is 0 Å². The lowest BCUT2D eigenvalue weighted by Crippen LogP contribution is -2.18. The van der Waals surface area contributed by atoms with Crippen molar-refractivity contribution in [2.24, 2.45) is 11.8 Å². The van der Waals surface area contributed by atoms with Crippen LogP contribution >= 0.6 is 0 Å². The highest BCUT2D eigenvalue weighted by Gasteiger charge is 2.54. The summed E-state index contributed by atoms with van der Waals surface area (Å²) in [6, 6.07) is 11.0. The average Bonchev–Trinajstić information content (AvgIpc) is 2.66. The van der Waals surface area contributed by atoms with Gasteiger partial charge in [-0.3, -0.25) is 0 Å². The van der Waals surface area contributed by atoms with Crippen LogP contribution in [0.15, 0.2) is 30.3 Å². The van der Waals surface area contributed by atoms with Gasteiger partial charge in [-0.15, -0.1) is 0 Å². The van der Waals surface area contributed by atoms with E-state index in [0.717, 1.165) is 17.8 Å². The summed E-state index contributed by atoms with van der Waals surface area (Å²) in [4.78, 5) is 2.45. The van der Waals surface area contributed by atoms with Gasteiger partial charge in [-0.2, -0.15) is 0 Å². The van der Waals surface area contributed by atoms with E-state index in [4.69, 9.17) is 0 Å². The molecule has 1 nitrogen and oxygen atoms in total. The van der Waals surface area contributed by atoms with Crippen LogP contribution in [0, 0.1) is 11.8 Å². The van der Waals surface area contributed by atoms with E-state index in [2.05, 4.69) is 42.3 Å². The lowest BCUT2D eigenvalue weighted by atomic mass is 10.1. The third-order valence-electron chi connectivity index (χ3n) is 3.56. The molecule has 1 aromatic rings. The standard InChI is InChI=1S/C12H15N/c1-13-7-10-11(8-13)12(10)9-5-3-2-4-6-9/h2-6,10-12H,7-8H2,1H3/t10-,11?,12+/m1/s1. The number of hydrogen-bond acceptors (Lipinski definition) is 1. The number of nitrogens with zero attached hydrogens (tertiary/aromatic N) is 1. The summed E-state index contributed by atoms with van der Waals surface area (Å²) in [6.45, 7) is 2.62. The zero-order valence-corrected chi connectivity index (χ0v) is 7.98. The molecule has 1 saturated heterocycles. The molecule has 3 rings (SSSR count). The Morgan fingerprint density at radius 3 is 2.31 bits per heavy atom. The van der Waals surface area contributed by atoms with Crippen LogP contribution in [0.3, 0.4) is 0 Å². The van der Waals surface area contributed by atoms with E-state index in [-0.39, 0.29) is 0 Å².